The molecule has 1 aromatic rings. The first-order chi connectivity index (χ1) is 11.3. The van der Waals surface area contributed by atoms with E-state index in [1.807, 2.05) is 37.4 Å². The first-order valence-corrected chi connectivity index (χ1v) is 8.84. The highest BCUT2D eigenvalue weighted by atomic mass is 32.2. The highest BCUT2D eigenvalue weighted by Gasteiger charge is 2.22. The SMILES string of the molecule is C=C(C)Cc1ccccc1C(OC(C)=O)/C(=C\COC(C)=O)SC. The number of esters is 2. The maximum atomic E-state index is 11.6. The van der Waals surface area contributed by atoms with Crippen LogP contribution in [0.25, 0.3) is 0 Å². The molecule has 0 amide bonds. The lowest BCUT2D eigenvalue weighted by Gasteiger charge is -2.22. The van der Waals surface area contributed by atoms with Crippen molar-refractivity contribution in [3.05, 3.63) is 58.5 Å². The van der Waals surface area contributed by atoms with Crippen LogP contribution in [0.5, 0.6) is 0 Å². The first kappa shape index (κ1) is 20.0. The van der Waals surface area contributed by atoms with Crippen LogP contribution in [0.1, 0.15) is 38.0 Å². The maximum absolute atomic E-state index is 11.6. The quantitative estimate of drug-likeness (QED) is 0.520. The molecule has 130 valence electrons. The van der Waals surface area contributed by atoms with Crippen molar-refractivity contribution in [2.24, 2.45) is 0 Å². The van der Waals surface area contributed by atoms with Gasteiger partial charge in [-0.25, -0.2) is 0 Å². The molecule has 0 N–H and O–H groups in total. The summed E-state index contributed by atoms with van der Waals surface area (Å²) < 4.78 is 10.5. The number of allylic oxidation sites excluding steroid dienone is 1. The minimum Gasteiger partial charge on any atom is -0.462 e. The van der Waals surface area contributed by atoms with E-state index in [9.17, 15) is 9.59 Å². The molecule has 0 heterocycles. The van der Waals surface area contributed by atoms with Gasteiger partial charge >= 0.3 is 11.9 Å². The average molecular weight is 348 g/mol. The molecule has 0 saturated heterocycles. The summed E-state index contributed by atoms with van der Waals surface area (Å²) in [6, 6.07) is 7.82. The molecule has 0 aliphatic heterocycles. The third kappa shape index (κ3) is 6.62. The molecule has 0 radical (unpaired) electrons. The number of hydrogen-bond donors (Lipinski definition) is 0. The molecule has 0 aliphatic rings. The van der Waals surface area contributed by atoms with Crippen LogP contribution in [0.4, 0.5) is 0 Å². The van der Waals surface area contributed by atoms with Gasteiger partial charge in [-0.15, -0.1) is 11.8 Å². The lowest BCUT2D eigenvalue weighted by molar-refractivity contribution is -0.145. The van der Waals surface area contributed by atoms with E-state index in [1.165, 1.54) is 25.6 Å². The van der Waals surface area contributed by atoms with Crippen LogP contribution in [-0.4, -0.2) is 24.8 Å². The second kappa shape index (κ2) is 9.98. The Morgan fingerprint density at radius 1 is 1.21 bits per heavy atom. The zero-order valence-electron chi connectivity index (χ0n) is 14.6. The zero-order valence-corrected chi connectivity index (χ0v) is 15.4. The maximum Gasteiger partial charge on any atom is 0.303 e. The number of benzene rings is 1. The predicted molar refractivity (Wildman–Crippen MR) is 97.7 cm³/mol. The van der Waals surface area contributed by atoms with Gasteiger partial charge in [0.2, 0.25) is 0 Å². The van der Waals surface area contributed by atoms with Crippen LogP contribution in [-0.2, 0) is 25.5 Å². The summed E-state index contributed by atoms with van der Waals surface area (Å²) in [5.74, 6) is -0.712. The van der Waals surface area contributed by atoms with E-state index in [1.54, 1.807) is 6.08 Å². The fraction of sp³-hybridized carbons (Fsp3) is 0.368. The Hall–Kier alpha value is -2.01. The fourth-order valence-corrected chi connectivity index (χ4v) is 2.88. The molecule has 0 aromatic heterocycles. The van der Waals surface area contributed by atoms with Crippen LogP contribution < -0.4 is 0 Å². The van der Waals surface area contributed by atoms with Crippen molar-refractivity contribution in [1.82, 2.24) is 0 Å². The summed E-state index contributed by atoms with van der Waals surface area (Å²) in [6.07, 6.45) is 3.86. The lowest BCUT2D eigenvalue weighted by atomic mass is 9.97. The summed E-state index contributed by atoms with van der Waals surface area (Å²) in [7, 11) is 0. The van der Waals surface area contributed by atoms with Gasteiger partial charge in [-0.1, -0.05) is 36.4 Å². The lowest BCUT2D eigenvalue weighted by Crippen LogP contribution is -2.13. The van der Waals surface area contributed by atoms with Crippen LogP contribution in [0, 0.1) is 0 Å². The highest BCUT2D eigenvalue weighted by Crippen LogP contribution is 2.35. The van der Waals surface area contributed by atoms with Crippen LogP contribution in [0.2, 0.25) is 0 Å². The van der Waals surface area contributed by atoms with Gasteiger partial charge in [-0.3, -0.25) is 9.59 Å². The smallest absolute Gasteiger partial charge is 0.303 e. The van der Waals surface area contributed by atoms with E-state index < -0.39 is 6.10 Å². The summed E-state index contributed by atoms with van der Waals surface area (Å²) in [5.41, 5.74) is 3.00. The third-order valence-electron chi connectivity index (χ3n) is 3.18. The van der Waals surface area contributed by atoms with Crippen molar-refractivity contribution in [3.8, 4) is 0 Å². The minimum absolute atomic E-state index is 0.145. The van der Waals surface area contributed by atoms with Crippen molar-refractivity contribution in [2.75, 3.05) is 12.9 Å². The van der Waals surface area contributed by atoms with Gasteiger partial charge in [-0.2, -0.15) is 0 Å². The van der Waals surface area contributed by atoms with Gasteiger partial charge in [0.25, 0.3) is 0 Å². The number of carbonyl (C=O) groups is 2. The summed E-state index contributed by atoms with van der Waals surface area (Å²) in [5, 5.41) is 0. The fourth-order valence-electron chi connectivity index (χ4n) is 2.26. The van der Waals surface area contributed by atoms with E-state index in [0.29, 0.717) is 6.42 Å². The summed E-state index contributed by atoms with van der Waals surface area (Å²) in [6.45, 7) is 8.81. The zero-order chi connectivity index (χ0) is 18.1. The molecule has 0 saturated carbocycles. The van der Waals surface area contributed by atoms with Gasteiger partial charge in [0.1, 0.15) is 6.61 Å². The molecule has 0 fully saturated rings. The van der Waals surface area contributed by atoms with E-state index in [4.69, 9.17) is 9.47 Å². The van der Waals surface area contributed by atoms with Crippen LogP contribution >= 0.6 is 11.8 Å². The Bertz CT molecular complexity index is 634. The first-order valence-electron chi connectivity index (χ1n) is 7.62. The molecule has 1 aromatic carbocycles. The van der Waals surface area contributed by atoms with Gasteiger partial charge < -0.3 is 9.47 Å². The molecule has 24 heavy (non-hydrogen) atoms. The molecule has 4 nitrogen and oxygen atoms in total. The summed E-state index contributed by atoms with van der Waals surface area (Å²) >= 11 is 1.46. The number of hydrogen-bond acceptors (Lipinski definition) is 5. The molecule has 1 atom stereocenters. The van der Waals surface area contributed by atoms with E-state index >= 15 is 0 Å². The molecular weight excluding hydrogens is 324 g/mol. The van der Waals surface area contributed by atoms with Crippen molar-refractivity contribution >= 4 is 23.7 Å². The normalized spacial score (nSPS) is 12.4. The predicted octanol–water partition coefficient (Wildman–Crippen LogP) is 4.22. The molecule has 5 heteroatoms. The van der Waals surface area contributed by atoms with E-state index in [2.05, 4.69) is 6.58 Å². The average Bonchev–Trinajstić information content (AvgIpc) is 2.49. The Labute approximate surface area is 147 Å². The number of carbonyl (C=O) groups excluding carboxylic acids is 2. The molecule has 0 aliphatic carbocycles. The van der Waals surface area contributed by atoms with Crippen molar-refractivity contribution in [3.63, 3.8) is 0 Å². The Morgan fingerprint density at radius 2 is 1.88 bits per heavy atom. The van der Waals surface area contributed by atoms with Gasteiger partial charge in [0, 0.05) is 24.3 Å². The van der Waals surface area contributed by atoms with Crippen LogP contribution in [0.15, 0.2) is 47.4 Å². The Morgan fingerprint density at radius 3 is 2.42 bits per heavy atom. The Balaban J connectivity index is 3.22. The second-order valence-corrected chi connectivity index (χ2v) is 6.32. The van der Waals surface area contributed by atoms with E-state index in [0.717, 1.165) is 21.6 Å². The monoisotopic (exact) mass is 348 g/mol. The molecule has 1 unspecified atom stereocenters. The van der Waals surface area contributed by atoms with Crippen molar-refractivity contribution < 1.29 is 19.1 Å². The largest absolute Gasteiger partial charge is 0.462 e. The van der Waals surface area contributed by atoms with Crippen molar-refractivity contribution in [1.29, 1.82) is 0 Å². The topological polar surface area (TPSA) is 52.6 Å². The molecular formula is C19H24O4S. The van der Waals surface area contributed by atoms with Gasteiger partial charge in [0.15, 0.2) is 6.10 Å². The number of rotatable bonds is 8. The van der Waals surface area contributed by atoms with E-state index in [-0.39, 0.29) is 18.5 Å². The molecule has 0 spiro atoms. The van der Waals surface area contributed by atoms with Crippen molar-refractivity contribution in [2.45, 2.75) is 33.3 Å². The standard InChI is InChI=1S/C19H24O4S/c1-13(2)12-16-8-6-7-9-17(16)19(23-15(4)21)18(24-5)10-11-22-14(3)20/h6-10,19H,1,11-12H2,2-5H3/b18-10+. The molecule has 0 bridgehead atoms. The number of ether oxygens (including phenoxy) is 2. The van der Waals surface area contributed by atoms with Crippen LogP contribution in [0.3, 0.4) is 0 Å². The van der Waals surface area contributed by atoms with Gasteiger partial charge in [-0.05, 0) is 31.2 Å². The summed E-state index contributed by atoms with van der Waals surface area (Å²) in [4.78, 5) is 23.4. The third-order valence-corrected chi connectivity index (χ3v) is 4.03. The highest BCUT2D eigenvalue weighted by molar-refractivity contribution is 8.02. The molecule has 1 rings (SSSR count). The van der Waals surface area contributed by atoms with Gasteiger partial charge in [0.05, 0.1) is 0 Å². The second-order valence-electron chi connectivity index (χ2n) is 5.44. The Kier molecular flexibility index (Phi) is 8.33. The number of thioether (sulfide) groups is 1. The minimum atomic E-state index is -0.524.